The van der Waals surface area contributed by atoms with Gasteiger partial charge in [0.25, 0.3) is 5.91 Å². The first-order valence-corrected chi connectivity index (χ1v) is 7.06. The molecule has 1 heterocycles. The van der Waals surface area contributed by atoms with E-state index in [4.69, 9.17) is 0 Å². The summed E-state index contributed by atoms with van der Waals surface area (Å²) < 4.78 is 0. The van der Waals surface area contributed by atoms with Crippen LogP contribution in [0.25, 0.3) is 0 Å². The monoisotopic (exact) mass is 262 g/mol. The molecule has 0 unspecified atom stereocenters. The Morgan fingerprint density at radius 2 is 1.84 bits per heavy atom. The molecule has 1 amide bonds. The first kappa shape index (κ1) is 13.8. The Kier molecular flexibility index (Phi) is 4.40. The molecule has 4 nitrogen and oxygen atoms in total. The summed E-state index contributed by atoms with van der Waals surface area (Å²) >= 11 is 0. The summed E-state index contributed by atoms with van der Waals surface area (Å²) in [6.45, 7) is 1.51. The molecule has 0 bridgehead atoms. The Balaban J connectivity index is 2.06. The Hall–Kier alpha value is -1.58. The van der Waals surface area contributed by atoms with E-state index in [1.54, 1.807) is 12.3 Å². The summed E-state index contributed by atoms with van der Waals surface area (Å²) in [4.78, 5) is 28.4. The van der Waals surface area contributed by atoms with Crippen molar-refractivity contribution in [2.45, 2.75) is 51.5 Å². The van der Waals surface area contributed by atoms with Gasteiger partial charge < -0.3 is 9.88 Å². The van der Waals surface area contributed by atoms with Gasteiger partial charge in [-0.1, -0.05) is 25.7 Å². The van der Waals surface area contributed by atoms with Crippen LogP contribution in [-0.4, -0.2) is 34.7 Å². The van der Waals surface area contributed by atoms with Crippen molar-refractivity contribution in [3.8, 4) is 0 Å². The second-order valence-corrected chi connectivity index (χ2v) is 5.42. The van der Waals surface area contributed by atoms with Crippen LogP contribution in [0.3, 0.4) is 0 Å². The fourth-order valence-electron chi connectivity index (χ4n) is 2.72. The number of amides is 1. The van der Waals surface area contributed by atoms with Crippen molar-refractivity contribution in [2.24, 2.45) is 0 Å². The van der Waals surface area contributed by atoms with Crippen LogP contribution < -0.4 is 0 Å². The molecule has 104 valence electrons. The molecule has 1 aliphatic rings. The predicted octanol–water partition coefficient (Wildman–Crippen LogP) is 3.01. The Morgan fingerprint density at radius 3 is 2.37 bits per heavy atom. The lowest BCUT2D eigenvalue weighted by atomic mass is 10.1. The lowest BCUT2D eigenvalue weighted by Crippen LogP contribution is -2.36. The van der Waals surface area contributed by atoms with Crippen molar-refractivity contribution in [2.75, 3.05) is 7.05 Å². The van der Waals surface area contributed by atoms with Crippen LogP contribution in [0.15, 0.2) is 12.3 Å². The standard InChI is InChI=1S/C15H22N2O2/c1-11(18)12-9-14(16-10-12)15(19)17(2)13-7-5-3-4-6-8-13/h9-10,13,16H,3-8H2,1-2H3. The third kappa shape index (κ3) is 3.25. The number of nitrogens with one attached hydrogen (secondary N) is 1. The highest BCUT2D eigenvalue weighted by Crippen LogP contribution is 2.22. The van der Waals surface area contributed by atoms with Crippen molar-refractivity contribution < 1.29 is 9.59 Å². The van der Waals surface area contributed by atoms with Crippen LogP contribution >= 0.6 is 0 Å². The molecular formula is C15H22N2O2. The van der Waals surface area contributed by atoms with Gasteiger partial charge in [-0.25, -0.2) is 0 Å². The zero-order chi connectivity index (χ0) is 13.8. The number of hydrogen-bond donors (Lipinski definition) is 1. The van der Waals surface area contributed by atoms with E-state index in [9.17, 15) is 9.59 Å². The van der Waals surface area contributed by atoms with Crippen molar-refractivity contribution in [1.29, 1.82) is 0 Å². The van der Waals surface area contributed by atoms with E-state index in [1.165, 1.54) is 32.6 Å². The maximum absolute atomic E-state index is 12.4. The maximum Gasteiger partial charge on any atom is 0.270 e. The molecule has 2 rings (SSSR count). The van der Waals surface area contributed by atoms with Gasteiger partial charge in [0.2, 0.25) is 0 Å². The highest BCUT2D eigenvalue weighted by atomic mass is 16.2. The fraction of sp³-hybridized carbons (Fsp3) is 0.600. The summed E-state index contributed by atoms with van der Waals surface area (Å²) in [5.74, 6) is -0.0354. The smallest absolute Gasteiger partial charge is 0.270 e. The highest BCUT2D eigenvalue weighted by Gasteiger charge is 2.23. The Morgan fingerprint density at radius 1 is 1.21 bits per heavy atom. The second kappa shape index (κ2) is 6.04. The molecule has 1 aromatic rings. The van der Waals surface area contributed by atoms with Crippen molar-refractivity contribution in [1.82, 2.24) is 9.88 Å². The van der Waals surface area contributed by atoms with Crippen LogP contribution in [0.1, 0.15) is 66.3 Å². The van der Waals surface area contributed by atoms with E-state index in [1.807, 2.05) is 11.9 Å². The number of rotatable bonds is 3. The molecule has 1 saturated carbocycles. The van der Waals surface area contributed by atoms with Crippen LogP contribution in [0, 0.1) is 0 Å². The number of aromatic amines is 1. The summed E-state index contributed by atoms with van der Waals surface area (Å²) in [5, 5.41) is 0. The predicted molar refractivity (Wildman–Crippen MR) is 74.4 cm³/mol. The first-order chi connectivity index (χ1) is 9.09. The zero-order valence-corrected chi connectivity index (χ0v) is 11.7. The number of carbonyl (C=O) groups is 2. The molecule has 0 radical (unpaired) electrons. The van der Waals surface area contributed by atoms with Gasteiger partial charge in [-0.2, -0.15) is 0 Å². The van der Waals surface area contributed by atoms with Gasteiger partial charge in [-0.15, -0.1) is 0 Å². The topological polar surface area (TPSA) is 53.2 Å². The Bertz CT molecular complexity index is 456. The second-order valence-electron chi connectivity index (χ2n) is 5.42. The summed E-state index contributed by atoms with van der Waals surface area (Å²) in [6, 6.07) is 1.98. The average molecular weight is 262 g/mol. The van der Waals surface area contributed by atoms with Crippen molar-refractivity contribution in [3.05, 3.63) is 23.5 Å². The lowest BCUT2D eigenvalue weighted by molar-refractivity contribution is 0.0712. The summed E-state index contributed by atoms with van der Waals surface area (Å²) in [5.41, 5.74) is 1.08. The van der Waals surface area contributed by atoms with Gasteiger partial charge in [-0.3, -0.25) is 9.59 Å². The molecular weight excluding hydrogens is 240 g/mol. The first-order valence-electron chi connectivity index (χ1n) is 7.06. The van der Waals surface area contributed by atoms with E-state index < -0.39 is 0 Å². The minimum absolute atomic E-state index is 0.0144. The number of H-pyrrole nitrogens is 1. The van der Waals surface area contributed by atoms with Crippen molar-refractivity contribution in [3.63, 3.8) is 0 Å². The van der Waals surface area contributed by atoms with Gasteiger partial charge >= 0.3 is 0 Å². The van der Waals surface area contributed by atoms with E-state index in [0.717, 1.165) is 12.8 Å². The number of hydrogen-bond acceptors (Lipinski definition) is 2. The number of aromatic nitrogens is 1. The van der Waals surface area contributed by atoms with Gasteiger partial charge in [-0.05, 0) is 25.8 Å². The Labute approximate surface area is 114 Å². The van der Waals surface area contributed by atoms with E-state index in [-0.39, 0.29) is 11.7 Å². The van der Waals surface area contributed by atoms with E-state index in [2.05, 4.69) is 4.98 Å². The highest BCUT2D eigenvalue weighted by molar-refractivity contribution is 5.99. The molecule has 1 fully saturated rings. The normalized spacial score (nSPS) is 16.9. The number of ketones is 1. The van der Waals surface area contributed by atoms with Gasteiger partial charge in [0.05, 0.1) is 0 Å². The largest absolute Gasteiger partial charge is 0.356 e. The lowest BCUT2D eigenvalue weighted by Gasteiger charge is -2.26. The molecule has 1 aromatic heterocycles. The quantitative estimate of drug-likeness (QED) is 0.672. The van der Waals surface area contributed by atoms with Crippen LogP contribution in [-0.2, 0) is 0 Å². The van der Waals surface area contributed by atoms with Gasteiger partial charge in [0.1, 0.15) is 5.69 Å². The molecule has 0 aromatic carbocycles. The van der Waals surface area contributed by atoms with E-state index in [0.29, 0.717) is 17.3 Å². The molecule has 1 aliphatic carbocycles. The molecule has 0 atom stereocenters. The average Bonchev–Trinajstić information content (AvgIpc) is 2.73. The molecule has 0 saturated heterocycles. The maximum atomic E-state index is 12.4. The zero-order valence-electron chi connectivity index (χ0n) is 11.7. The SMILES string of the molecule is CC(=O)c1c[nH]c(C(=O)N(C)C2CCCCCC2)c1. The minimum Gasteiger partial charge on any atom is -0.356 e. The van der Waals surface area contributed by atoms with Crippen LogP contribution in [0.4, 0.5) is 0 Å². The molecule has 4 heteroatoms. The third-order valence-corrected chi connectivity index (χ3v) is 4.01. The van der Waals surface area contributed by atoms with Crippen LogP contribution in [0.5, 0.6) is 0 Å². The molecule has 0 aliphatic heterocycles. The summed E-state index contributed by atoms with van der Waals surface area (Å²) in [7, 11) is 1.87. The molecule has 1 N–H and O–H groups in total. The van der Waals surface area contributed by atoms with Gasteiger partial charge in [0, 0.05) is 24.8 Å². The number of carbonyl (C=O) groups excluding carboxylic acids is 2. The van der Waals surface area contributed by atoms with E-state index >= 15 is 0 Å². The molecule has 0 spiro atoms. The minimum atomic E-state index is -0.0209. The third-order valence-electron chi connectivity index (χ3n) is 4.01. The van der Waals surface area contributed by atoms with Gasteiger partial charge in [0.15, 0.2) is 5.78 Å². The summed E-state index contributed by atoms with van der Waals surface area (Å²) in [6.07, 6.45) is 8.73. The van der Waals surface area contributed by atoms with Crippen molar-refractivity contribution >= 4 is 11.7 Å². The fourth-order valence-corrected chi connectivity index (χ4v) is 2.72. The number of Topliss-reactive ketones (excluding diaryl/α,β-unsaturated/α-hetero) is 1. The molecule has 19 heavy (non-hydrogen) atoms. The number of nitrogens with zero attached hydrogens (tertiary/aromatic N) is 1. The van der Waals surface area contributed by atoms with Crippen LogP contribution in [0.2, 0.25) is 0 Å².